The molecule has 0 saturated heterocycles. The van der Waals surface area contributed by atoms with Crippen molar-refractivity contribution >= 4 is 28.9 Å². The Labute approximate surface area is 151 Å². The highest BCUT2D eigenvalue weighted by Crippen LogP contribution is 2.27. The van der Waals surface area contributed by atoms with Crippen LogP contribution < -0.4 is 16.4 Å². The van der Waals surface area contributed by atoms with Gasteiger partial charge in [-0.25, -0.2) is 0 Å². The number of benzene rings is 2. The number of hydrogen-bond donors (Lipinski definition) is 3. The van der Waals surface area contributed by atoms with Crippen LogP contribution in [0.1, 0.15) is 17.3 Å². The number of nitrogens with one attached hydrogen (secondary N) is 2. The van der Waals surface area contributed by atoms with Crippen LogP contribution >= 0.6 is 0 Å². The number of nitrogen functional groups attached to an aromatic ring is 1. The topological polar surface area (TPSA) is 97.1 Å². The second-order valence-corrected chi connectivity index (χ2v) is 5.76. The van der Waals surface area contributed by atoms with Crippen LogP contribution in [0, 0.1) is 0 Å². The molecule has 3 aromatic rings. The molecule has 0 fully saturated rings. The van der Waals surface area contributed by atoms with Gasteiger partial charge in [-0.05, 0) is 48.0 Å². The summed E-state index contributed by atoms with van der Waals surface area (Å²) in [6.45, 7) is 1.43. The van der Waals surface area contributed by atoms with E-state index >= 15 is 0 Å². The zero-order valence-corrected chi connectivity index (χ0v) is 14.2. The van der Waals surface area contributed by atoms with Crippen LogP contribution in [0.5, 0.6) is 0 Å². The summed E-state index contributed by atoms with van der Waals surface area (Å²) in [6, 6.07) is 15.9. The summed E-state index contributed by atoms with van der Waals surface area (Å²) >= 11 is 0. The van der Waals surface area contributed by atoms with Crippen molar-refractivity contribution in [3.8, 4) is 11.1 Å². The van der Waals surface area contributed by atoms with E-state index in [2.05, 4.69) is 15.6 Å². The first kappa shape index (κ1) is 17.2. The summed E-state index contributed by atoms with van der Waals surface area (Å²) in [7, 11) is 0. The van der Waals surface area contributed by atoms with Crippen molar-refractivity contribution in [2.75, 3.05) is 16.4 Å². The minimum absolute atomic E-state index is 0.165. The first-order chi connectivity index (χ1) is 12.5. The second kappa shape index (κ2) is 7.48. The van der Waals surface area contributed by atoms with E-state index in [0.29, 0.717) is 22.6 Å². The fraction of sp³-hybridized carbons (Fsp3) is 0.0500. The number of carbonyl (C=O) groups excluding carboxylic acids is 2. The van der Waals surface area contributed by atoms with Gasteiger partial charge in [-0.1, -0.05) is 12.1 Å². The highest BCUT2D eigenvalue weighted by molar-refractivity contribution is 6.06. The Morgan fingerprint density at radius 2 is 1.73 bits per heavy atom. The van der Waals surface area contributed by atoms with Gasteiger partial charge in [0, 0.05) is 36.1 Å². The quantitative estimate of drug-likeness (QED) is 0.629. The molecule has 0 atom stereocenters. The minimum Gasteiger partial charge on any atom is -0.397 e. The smallest absolute Gasteiger partial charge is 0.255 e. The van der Waals surface area contributed by atoms with Crippen LogP contribution in [-0.2, 0) is 4.79 Å². The molecule has 0 aliphatic carbocycles. The van der Waals surface area contributed by atoms with Crippen molar-refractivity contribution in [2.24, 2.45) is 0 Å². The van der Waals surface area contributed by atoms with Crippen molar-refractivity contribution in [2.45, 2.75) is 6.92 Å². The van der Waals surface area contributed by atoms with Gasteiger partial charge < -0.3 is 16.4 Å². The summed E-state index contributed by atoms with van der Waals surface area (Å²) in [4.78, 5) is 27.6. The van der Waals surface area contributed by atoms with E-state index in [9.17, 15) is 9.59 Å². The van der Waals surface area contributed by atoms with E-state index in [0.717, 1.165) is 11.1 Å². The molecule has 2 aromatic carbocycles. The fourth-order valence-corrected chi connectivity index (χ4v) is 2.48. The van der Waals surface area contributed by atoms with Crippen LogP contribution in [0.2, 0.25) is 0 Å². The van der Waals surface area contributed by atoms with E-state index < -0.39 is 0 Å². The SMILES string of the molecule is CC(=O)Nc1ccc(C(=O)Nc2cc(-c3cccnc3)ccc2N)cc1. The molecule has 4 N–H and O–H groups in total. The lowest BCUT2D eigenvalue weighted by Crippen LogP contribution is -2.13. The number of aromatic nitrogens is 1. The van der Waals surface area contributed by atoms with E-state index in [1.54, 1.807) is 42.7 Å². The summed E-state index contributed by atoms with van der Waals surface area (Å²) in [5.41, 5.74) is 9.93. The molecule has 0 aliphatic heterocycles. The number of pyridine rings is 1. The highest BCUT2D eigenvalue weighted by atomic mass is 16.2. The van der Waals surface area contributed by atoms with E-state index in [-0.39, 0.29) is 11.8 Å². The second-order valence-electron chi connectivity index (χ2n) is 5.76. The normalized spacial score (nSPS) is 10.2. The number of rotatable bonds is 4. The van der Waals surface area contributed by atoms with E-state index in [4.69, 9.17) is 5.73 Å². The Kier molecular flexibility index (Phi) is 4.94. The molecule has 130 valence electrons. The van der Waals surface area contributed by atoms with Gasteiger partial charge in [-0.3, -0.25) is 14.6 Å². The average Bonchev–Trinajstić information content (AvgIpc) is 2.64. The van der Waals surface area contributed by atoms with E-state index in [1.165, 1.54) is 6.92 Å². The number of carbonyl (C=O) groups is 2. The van der Waals surface area contributed by atoms with Crippen LogP contribution in [0.15, 0.2) is 67.0 Å². The summed E-state index contributed by atoms with van der Waals surface area (Å²) in [5, 5.41) is 5.48. The van der Waals surface area contributed by atoms with E-state index in [1.807, 2.05) is 24.3 Å². The molecule has 1 heterocycles. The molecule has 0 aliphatic rings. The zero-order chi connectivity index (χ0) is 18.5. The van der Waals surface area contributed by atoms with Crippen molar-refractivity contribution in [3.05, 3.63) is 72.6 Å². The van der Waals surface area contributed by atoms with Gasteiger partial charge in [-0.2, -0.15) is 0 Å². The maximum absolute atomic E-state index is 12.5. The Bertz CT molecular complexity index is 938. The van der Waals surface area contributed by atoms with Crippen LogP contribution in [0.4, 0.5) is 17.1 Å². The van der Waals surface area contributed by atoms with Crippen LogP contribution in [0.3, 0.4) is 0 Å². The number of amides is 2. The monoisotopic (exact) mass is 346 g/mol. The van der Waals surface area contributed by atoms with Crippen molar-refractivity contribution in [1.82, 2.24) is 4.98 Å². The molecule has 6 nitrogen and oxygen atoms in total. The Morgan fingerprint density at radius 3 is 2.38 bits per heavy atom. The third kappa shape index (κ3) is 4.05. The molecular formula is C20H18N4O2. The third-order valence-corrected chi connectivity index (χ3v) is 3.76. The molecule has 0 bridgehead atoms. The summed E-state index contributed by atoms with van der Waals surface area (Å²) in [5.74, 6) is -0.448. The minimum atomic E-state index is -0.283. The average molecular weight is 346 g/mol. The molecule has 0 radical (unpaired) electrons. The molecule has 2 amide bonds. The number of nitrogens with zero attached hydrogens (tertiary/aromatic N) is 1. The van der Waals surface area contributed by atoms with Gasteiger partial charge in [0.2, 0.25) is 5.91 Å². The molecular weight excluding hydrogens is 328 g/mol. The number of hydrogen-bond acceptors (Lipinski definition) is 4. The van der Waals surface area contributed by atoms with Crippen molar-refractivity contribution < 1.29 is 9.59 Å². The Balaban J connectivity index is 1.79. The summed E-state index contributed by atoms with van der Waals surface area (Å²) in [6.07, 6.45) is 3.45. The Morgan fingerprint density at radius 1 is 0.962 bits per heavy atom. The van der Waals surface area contributed by atoms with Gasteiger partial charge in [0.1, 0.15) is 0 Å². The first-order valence-electron chi connectivity index (χ1n) is 8.02. The molecule has 1 aromatic heterocycles. The maximum atomic E-state index is 12.5. The lowest BCUT2D eigenvalue weighted by Gasteiger charge is -2.11. The third-order valence-electron chi connectivity index (χ3n) is 3.76. The largest absolute Gasteiger partial charge is 0.397 e. The molecule has 0 saturated carbocycles. The molecule has 6 heteroatoms. The van der Waals surface area contributed by atoms with Gasteiger partial charge >= 0.3 is 0 Å². The lowest BCUT2D eigenvalue weighted by molar-refractivity contribution is -0.114. The number of nitrogens with two attached hydrogens (primary N) is 1. The van der Waals surface area contributed by atoms with Crippen molar-refractivity contribution in [1.29, 1.82) is 0 Å². The zero-order valence-electron chi connectivity index (χ0n) is 14.2. The van der Waals surface area contributed by atoms with Gasteiger partial charge in [0.25, 0.3) is 5.91 Å². The Hall–Kier alpha value is -3.67. The first-order valence-corrected chi connectivity index (χ1v) is 8.02. The maximum Gasteiger partial charge on any atom is 0.255 e. The molecule has 26 heavy (non-hydrogen) atoms. The number of anilines is 3. The van der Waals surface area contributed by atoms with Crippen LogP contribution in [-0.4, -0.2) is 16.8 Å². The standard InChI is InChI=1S/C20H18N4O2/c1-13(25)23-17-7-4-14(5-8-17)20(26)24-19-11-15(6-9-18(19)21)16-3-2-10-22-12-16/h2-12H,21H2,1H3,(H,23,25)(H,24,26). The van der Waals surface area contributed by atoms with Gasteiger partial charge in [-0.15, -0.1) is 0 Å². The summed E-state index contributed by atoms with van der Waals surface area (Å²) < 4.78 is 0. The van der Waals surface area contributed by atoms with Crippen molar-refractivity contribution in [3.63, 3.8) is 0 Å². The molecule has 0 spiro atoms. The lowest BCUT2D eigenvalue weighted by atomic mass is 10.1. The van der Waals surface area contributed by atoms with Crippen LogP contribution in [0.25, 0.3) is 11.1 Å². The van der Waals surface area contributed by atoms with Gasteiger partial charge in [0.05, 0.1) is 11.4 Å². The predicted molar refractivity (Wildman–Crippen MR) is 103 cm³/mol. The molecule has 0 unspecified atom stereocenters. The van der Waals surface area contributed by atoms with Gasteiger partial charge in [0.15, 0.2) is 0 Å². The fourth-order valence-electron chi connectivity index (χ4n) is 2.48. The highest BCUT2D eigenvalue weighted by Gasteiger charge is 2.10. The molecule has 3 rings (SSSR count). The predicted octanol–water partition coefficient (Wildman–Crippen LogP) is 3.54.